The normalized spacial score (nSPS) is 10.2. The molecule has 3 rings (SSSR count). The second-order valence-corrected chi connectivity index (χ2v) is 5.74. The maximum atomic E-state index is 5.46. The molecule has 3 aromatic rings. The van der Waals surface area contributed by atoms with Crippen LogP contribution in [0.25, 0.3) is 0 Å². The van der Waals surface area contributed by atoms with E-state index in [1.54, 1.807) is 0 Å². The lowest BCUT2D eigenvalue weighted by molar-refractivity contribution is 0.340. The van der Waals surface area contributed by atoms with Gasteiger partial charge < -0.3 is 20.1 Å². The molecule has 134 valence electrons. The van der Waals surface area contributed by atoms with E-state index in [0.29, 0.717) is 13.2 Å². The summed E-state index contributed by atoms with van der Waals surface area (Å²) in [5, 5.41) is 6.77. The second kappa shape index (κ2) is 8.81. The summed E-state index contributed by atoms with van der Waals surface area (Å²) in [6.07, 6.45) is 0. The lowest BCUT2D eigenvalue weighted by Gasteiger charge is -2.11. The monoisotopic (exact) mass is 348 g/mol. The molecule has 0 saturated heterocycles. The van der Waals surface area contributed by atoms with Gasteiger partial charge in [-0.1, -0.05) is 0 Å². The minimum absolute atomic E-state index is 0.676. The predicted octanol–water partition coefficient (Wildman–Crippen LogP) is 5.97. The first-order valence-electron chi connectivity index (χ1n) is 8.86. The smallest absolute Gasteiger partial charge is 0.119 e. The predicted molar refractivity (Wildman–Crippen MR) is 108 cm³/mol. The van der Waals surface area contributed by atoms with Gasteiger partial charge in [-0.05, 0) is 86.6 Å². The van der Waals surface area contributed by atoms with E-state index in [4.69, 9.17) is 9.47 Å². The maximum absolute atomic E-state index is 5.46. The molecule has 0 fully saturated rings. The molecule has 4 heteroatoms. The summed E-state index contributed by atoms with van der Waals surface area (Å²) in [5.41, 5.74) is 4.12. The average molecular weight is 348 g/mol. The summed E-state index contributed by atoms with van der Waals surface area (Å²) in [6, 6.07) is 24.1. The van der Waals surface area contributed by atoms with Crippen LogP contribution in [0.5, 0.6) is 11.5 Å². The first-order chi connectivity index (χ1) is 12.8. The highest BCUT2D eigenvalue weighted by molar-refractivity contribution is 5.66. The lowest BCUT2D eigenvalue weighted by atomic mass is 10.2. The van der Waals surface area contributed by atoms with Gasteiger partial charge in [-0.3, -0.25) is 0 Å². The van der Waals surface area contributed by atoms with Crippen molar-refractivity contribution in [2.24, 2.45) is 0 Å². The summed E-state index contributed by atoms with van der Waals surface area (Å²) >= 11 is 0. The van der Waals surface area contributed by atoms with Crippen molar-refractivity contribution < 1.29 is 9.47 Å². The molecule has 0 spiro atoms. The summed E-state index contributed by atoms with van der Waals surface area (Å²) in [4.78, 5) is 0. The summed E-state index contributed by atoms with van der Waals surface area (Å²) in [7, 11) is 0. The zero-order valence-corrected chi connectivity index (χ0v) is 15.2. The molecule has 0 bridgehead atoms. The Morgan fingerprint density at radius 1 is 0.500 bits per heavy atom. The first kappa shape index (κ1) is 17.7. The topological polar surface area (TPSA) is 42.5 Å². The van der Waals surface area contributed by atoms with Crippen molar-refractivity contribution >= 4 is 22.7 Å². The number of rotatable bonds is 8. The van der Waals surface area contributed by atoms with Crippen LogP contribution in [0.1, 0.15) is 13.8 Å². The van der Waals surface area contributed by atoms with Gasteiger partial charge in [0.25, 0.3) is 0 Å². The third-order valence-corrected chi connectivity index (χ3v) is 3.79. The van der Waals surface area contributed by atoms with Gasteiger partial charge in [0.2, 0.25) is 0 Å². The molecule has 0 aliphatic rings. The van der Waals surface area contributed by atoms with Crippen LogP contribution in [0.15, 0.2) is 72.8 Å². The number of benzene rings is 3. The summed E-state index contributed by atoms with van der Waals surface area (Å²) in [6.45, 7) is 5.31. The Morgan fingerprint density at radius 3 is 1.04 bits per heavy atom. The van der Waals surface area contributed by atoms with E-state index in [1.807, 2.05) is 86.6 Å². The van der Waals surface area contributed by atoms with E-state index >= 15 is 0 Å². The molecule has 0 aliphatic carbocycles. The molecule has 4 nitrogen and oxygen atoms in total. The molecule has 0 amide bonds. The number of hydrogen-bond donors (Lipinski definition) is 2. The minimum atomic E-state index is 0.676. The third kappa shape index (κ3) is 4.93. The van der Waals surface area contributed by atoms with Crippen LogP contribution in [0.2, 0.25) is 0 Å². The van der Waals surface area contributed by atoms with Gasteiger partial charge >= 0.3 is 0 Å². The SMILES string of the molecule is CCOc1ccc(Nc2ccc(Nc3ccc(OCC)cc3)cc2)cc1. The Bertz CT molecular complexity index is 727. The molecule has 26 heavy (non-hydrogen) atoms. The summed E-state index contributed by atoms with van der Waals surface area (Å²) in [5.74, 6) is 1.76. The van der Waals surface area contributed by atoms with Gasteiger partial charge in [0.15, 0.2) is 0 Å². The van der Waals surface area contributed by atoms with Crippen molar-refractivity contribution in [3.8, 4) is 11.5 Å². The van der Waals surface area contributed by atoms with Gasteiger partial charge in [-0.2, -0.15) is 0 Å². The Kier molecular flexibility index (Phi) is 5.99. The Labute approximate surface area is 154 Å². The fourth-order valence-electron chi connectivity index (χ4n) is 2.57. The first-order valence-corrected chi connectivity index (χ1v) is 8.86. The van der Waals surface area contributed by atoms with Crippen molar-refractivity contribution in [1.82, 2.24) is 0 Å². The fraction of sp³-hybridized carbons (Fsp3) is 0.182. The quantitative estimate of drug-likeness (QED) is 0.526. The largest absolute Gasteiger partial charge is 0.494 e. The molecule has 2 N–H and O–H groups in total. The molecule has 0 unspecified atom stereocenters. The highest BCUT2D eigenvalue weighted by atomic mass is 16.5. The van der Waals surface area contributed by atoms with Crippen molar-refractivity contribution in [3.05, 3.63) is 72.8 Å². The fourth-order valence-corrected chi connectivity index (χ4v) is 2.57. The van der Waals surface area contributed by atoms with Gasteiger partial charge in [-0.25, -0.2) is 0 Å². The molecule has 0 aliphatic heterocycles. The lowest BCUT2D eigenvalue weighted by Crippen LogP contribution is -1.94. The van der Waals surface area contributed by atoms with Crippen LogP contribution in [-0.4, -0.2) is 13.2 Å². The highest BCUT2D eigenvalue weighted by Crippen LogP contribution is 2.24. The van der Waals surface area contributed by atoms with Crippen molar-refractivity contribution in [1.29, 1.82) is 0 Å². The van der Waals surface area contributed by atoms with E-state index in [2.05, 4.69) is 10.6 Å². The van der Waals surface area contributed by atoms with Crippen LogP contribution < -0.4 is 20.1 Å². The van der Waals surface area contributed by atoms with Crippen molar-refractivity contribution in [2.45, 2.75) is 13.8 Å². The van der Waals surface area contributed by atoms with Crippen molar-refractivity contribution in [3.63, 3.8) is 0 Å². The maximum Gasteiger partial charge on any atom is 0.119 e. The highest BCUT2D eigenvalue weighted by Gasteiger charge is 1.99. The van der Waals surface area contributed by atoms with Crippen LogP contribution >= 0.6 is 0 Å². The zero-order valence-electron chi connectivity index (χ0n) is 15.2. The number of nitrogens with one attached hydrogen (secondary N) is 2. The van der Waals surface area contributed by atoms with Crippen molar-refractivity contribution in [2.75, 3.05) is 23.8 Å². The Hall–Kier alpha value is -3.14. The summed E-state index contributed by atoms with van der Waals surface area (Å²) < 4.78 is 10.9. The average Bonchev–Trinajstić information content (AvgIpc) is 2.67. The van der Waals surface area contributed by atoms with Gasteiger partial charge in [0.1, 0.15) is 11.5 Å². The molecule has 0 atom stereocenters. The Morgan fingerprint density at radius 2 is 0.769 bits per heavy atom. The van der Waals surface area contributed by atoms with E-state index in [-0.39, 0.29) is 0 Å². The third-order valence-electron chi connectivity index (χ3n) is 3.79. The molecule has 0 heterocycles. The van der Waals surface area contributed by atoms with E-state index in [0.717, 1.165) is 34.2 Å². The van der Waals surface area contributed by atoms with Gasteiger partial charge in [-0.15, -0.1) is 0 Å². The standard InChI is InChI=1S/C22H24N2O2/c1-3-25-21-13-9-19(10-14-21)23-17-5-7-18(8-6-17)24-20-11-15-22(16-12-20)26-4-2/h5-16,23-24H,3-4H2,1-2H3. The molecular weight excluding hydrogens is 324 g/mol. The molecule has 0 radical (unpaired) electrons. The Balaban J connectivity index is 1.59. The second-order valence-electron chi connectivity index (χ2n) is 5.74. The van der Waals surface area contributed by atoms with E-state index in [1.165, 1.54) is 0 Å². The van der Waals surface area contributed by atoms with E-state index in [9.17, 15) is 0 Å². The minimum Gasteiger partial charge on any atom is -0.494 e. The molecule has 3 aromatic carbocycles. The van der Waals surface area contributed by atoms with Crippen LogP contribution in [0, 0.1) is 0 Å². The van der Waals surface area contributed by atoms with Crippen LogP contribution in [0.3, 0.4) is 0 Å². The van der Waals surface area contributed by atoms with Gasteiger partial charge in [0.05, 0.1) is 13.2 Å². The zero-order chi connectivity index (χ0) is 18.2. The molecule has 0 saturated carbocycles. The van der Waals surface area contributed by atoms with Crippen LogP contribution in [0.4, 0.5) is 22.7 Å². The molecule has 0 aromatic heterocycles. The van der Waals surface area contributed by atoms with Gasteiger partial charge in [0, 0.05) is 22.7 Å². The van der Waals surface area contributed by atoms with E-state index < -0.39 is 0 Å². The molecular formula is C22H24N2O2. The number of ether oxygens (including phenoxy) is 2. The van der Waals surface area contributed by atoms with Crippen LogP contribution in [-0.2, 0) is 0 Å². The number of anilines is 4. The number of hydrogen-bond acceptors (Lipinski definition) is 4.